The molecule has 0 radical (unpaired) electrons. The molecule has 0 rings (SSSR count). The van der Waals surface area contributed by atoms with Gasteiger partial charge in [0.1, 0.15) is 0 Å². The Morgan fingerprint density at radius 1 is 0.333 bits per heavy atom. The summed E-state index contributed by atoms with van der Waals surface area (Å²) in [6.07, 6.45) is -19.0. The first kappa shape index (κ1) is 22.9. The third-order valence-electron chi connectivity index (χ3n) is 2.46. The van der Waals surface area contributed by atoms with Gasteiger partial charge in [-0.1, -0.05) is 0 Å². The molecule has 0 bridgehead atoms. The van der Waals surface area contributed by atoms with E-state index in [1.54, 1.807) is 0 Å². The molecule has 0 fully saturated rings. The first-order valence-electron chi connectivity index (χ1n) is 4.98. The average molecular weight is 402 g/mol. The molecule has 146 valence electrons. The molecule has 0 aliphatic carbocycles. The zero-order valence-corrected chi connectivity index (χ0v) is 10.3. The average Bonchev–Trinajstić information content (AvgIpc) is 2.23. The Balaban J connectivity index is 6.04. The summed E-state index contributed by atoms with van der Waals surface area (Å²) in [5.41, 5.74) is 0. The summed E-state index contributed by atoms with van der Waals surface area (Å²) >= 11 is 0. The van der Waals surface area contributed by atoms with Gasteiger partial charge in [0, 0.05) is 0 Å². The maximum Gasteiger partial charge on any atom is 0.460 e. The van der Waals surface area contributed by atoms with Gasteiger partial charge >= 0.3 is 42.0 Å². The standard InChI is InChI=1S/C8H2F16/c9-2(10,1-3(11,12)7(19,20)21)4(13,14)5(15,16)6(17,18)8(22,23)24/h1H2. The van der Waals surface area contributed by atoms with Gasteiger partial charge in [0.05, 0.1) is 6.42 Å². The minimum absolute atomic E-state index is 4.49. The highest BCUT2D eigenvalue weighted by atomic mass is 19.4. The van der Waals surface area contributed by atoms with Gasteiger partial charge < -0.3 is 0 Å². The Morgan fingerprint density at radius 2 is 0.667 bits per heavy atom. The van der Waals surface area contributed by atoms with Crippen molar-refractivity contribution in [1.82, 2.24) is 0 Å². The lowest BCUT2D eigenvalue weighted by Crippen LogP contribution is -2.67. The van der Waals surface area contributed by atoms with E-state index in [1.807, 2.05) is 0 Å². The topological polar surface area (TPSA) is 0 Å². The molecule has 0 saturated heterocycles. The molecule has 0 aliphatic heterocycles. The molecule has 24 heavy (non-hydrogen) atoms. The summed E-state index contributed by atoms with van der Waals surface area (Å²) in [6, 6.07) is 0. The van der Waals surface area contributed by atoms with Gasteiger partial charge in [0.25, 0.3) is 0 Å². The van der Waals surface area contributed by atoms with Crippen molar-refractivity contribution in [3.63, 3.8) is 0 Å². The molecule has 0 unspecified atom stereocenters. The molecular formula is C8H2F16. The summed E-state index contributed by atoms with van der Waals surface area (Å²) < 4.78 is 195. The molecule has 0 aromatic rings. The molecule has 0 heterocycles. The summed E-state index contributed by atoms with van der Waals surface area (Å²) in [6.45, 7) is 0. The minimum atomic E-state index is -8.04. The molecule has 0 saturated carbocycles. The van der Waals surface area contributed by atoms with Crippen LogP contribution in [-0.2, 0) is 0 Å². The molecule has 0 aromatic heterocycles. The highest BCUT2D eigenvalue weighted by molar-refractivity contribution is 5.07. The molecule has 0 atom stereocenters. The Morgan fingerprint density at radius 3 is 0.917 bits per heavy atom. The second-order valence-corrected chi connectivity index (χ2v) is 4.30. The van der Waals surface area contributed by atoms with Gasteiger partial charge in [-0.25, -0.2) is 0 Å². The van der Waals surface area contributed by atoms with Crippen molar-refractivity contribution >= 4 is 0 Å². The predicted octanol–water partition coefficient (Wildman–Crippen LogP) is 5.68. The quantitative estimate of drug-likeness (QED) is 0.520. The fourth-order valence-corrected chi connectivity index (χ4v) is 1.09. The van der Waals surface area contributed by atoms with Crippen molar-refractivity contribution in [2.24, 2.45) is 0 Å². The van der Waals surface area contributed by atoms with Crippen LogP contribution in [0.2, 0.25) is 0 Å². The van der Waals surface area contributed by atoms with Crippen LogP contribution in [0.3, 0.4) is 0 Å². The number of halogens is 16. The van der Waals surface area contributed by atoms with Gasteiger partial charge in [-0.3, -0.25) is 0 Å². The van der Waals surface area contributed by atoms with Gasteiger partial charge in [-0.2, -0.15) is 70.2 Å². The van der Waals surface area contributed by atoms with Crippen LogP contribution in [0.15, 0.2) is 0 Å². The van der Waals surface area contributed by atoms with E-state index in [0.717, 1.165) is 0 Å². The van der Waals surface area contributed by atoms with Crippen LogP contribution >= 0.6 is 0 Å². The Kier molecular flexibility index (Phi) is 5.18. The zero-order valence-electron chi connectivity index (χ0n) is 10.3. The number of alkyl halides is 16. The van der Waals surface area contributed by atoms with E-state index in [4.69, 9.17) is 0 Å². The third kappa shape index (κ3) is 3.32. The highest BCUT2D eigenvalue weighted by Crippen LogP contribution is 2.59. The van der Waals surface area contributed by atoms with Crippen LogP contribution in [0.5, 0.6) is 0 Å². The highest BCUT2D eigenvalue weighted by Gasteiger charge is 2.88. The van der Waals surface area contributed by atoms with Crippen LogP contribution in [0.25, 0.3) is 0 Å². The Bertz CT molecular complexity index is 450. The normalized spacial score (nSPS) is 16.5. The second kappa shape index (κ2) is 5.44. The smallest absolute Gasteiger partial charge is 0.199 e. The molecule has 0 nitrogen and oxygen atoms in total. The maximum atomic E-state index is 12.7. The fourth-order valence-electron chi connectivity index (χ4n) is 1.09. The first-order valence-corrected chi connectivity index (χ1v) is 4.98. The number of hydrogen-bond acceptors (Lipinski definition) is 0. The largest absolute Gasteiger partial charge is 0.460 e. The van der Waals surface area contributed by atoms with Crippen molar-refractivity contribution in [3.8, 4) is 0 Å². The van der Waals surface area contributed by atoms with E-state index in [0.29, 0.717) is 0 Å². The van der Waals surface area contributed by atoms with Crippen molar-refractivity contribution in [3.05, 3.63) is 0 Å². The van der Waals surface area contributed by atoms with Crippen molar-refractivity contribution < 1.29 is 70.2 Å². The molecule has 16 heteroatoms. The van der Waals surface area contributed by atoms with Gasteiger partial charge in [0.15, 0.2) is 0 Å². The van der Waals surface area contributed by atoms with Gasteiger partial charge in [0.2, 0.25) is 0 Å². The molecule has 0 N–H and O–H groups in total. The van der Waals surface area contributed by atoms with Crippen LogP contribution in [0.4, 0.5) is 70.2 Å². The van der Waals surface area contributed by atoms with E-state index in [-0.39, 0.29) is 0 Å². The zero-order chi connectivity index (χ0) is 20.2. The van der Waals surface area contributed by atoms with E-state index in [9.17, 15) is 70.2 Å². The molecule has 0 amide bonds. The van der Waals surface area contributed by atoms with Crippen LogP contribution in [0.1, 0.15) is 6.42 Å². The molecular weight excluding hydrogens is 400 g/mol. The fraction of sp³-hybridized carbons (Fsp3) is 1.00. The van der Waals surface area contributed by atoms with E-state index < -0.39 is 48.4 Å². The lowest BCUT2D eigenvalue weighted by atomic mass is 9.94. The van der Waals surface area contributed by atoms with Crippen LogP contribution < -0.4 is 0 Å². The van der Waals surface area contributed by atoms with Crippen molar-refractivity contribution in [2.75, 3.05) is 0 Å². The molecule has 0 spiro atoms. The minimum Gasteiger partial charge on any atom is -0.199 e. The van der Waals surface area contributed by atoms with Crippen molar-refractivity contribution in [1.29, 1.82) is 0 Å². The van der Waals surface area contributed by atoms with Gasteiger partial charge in [-0.15, -0.1) is 0 Å². The molecule has 0 aromatic carbocycles. The number of hydrogen-bond donors (Lipinski definition) is 0. The monoisotopic (exact) mass is 402 g/mol. The van der Waals surface area contributed by atoms with E-state index in [2.05, 4.69) is 0 Å². The predicted molar refractivity (Wildman–Crippen MR) is 41.5 cm³/mol. The Hall–Kier alpha value is -1.12. The van der Waals surface area contributed by atoms with Gasteiger partial charge in [-0.05, 0) is 0 Å². The lowest BCUT2D eigenvalue weighted by Gasteiger charge is -2.38. The lowest BCUT2D eigenvalue weighted by molar-refractivity contribution is -0.428. The number of rotatable bonds is 5. The Labute approximate surface area is 120 Å². The van der Waals surface area contributed by atoms with Crippen LogP contribution in [-0.4, -0.2) is 42.0 Å². The summed E-state index contributed by atoms with van der Waals surface area (Å²) in [7, 11) is 0. The summed E-state index contributed by atoms with van der Waals surface area (Å²) in [4.78, 5) is 0. The molecule has 0 aliphatic rings. The summed E-state index contributed by atoms with van der Waals surface area (Å²) in [5, 5.41) is 0. The second-order valence-electron chi connectivity index (χ2n) is 4.30. The first-order chi connectivity index (χ1) is 9.96. The maximum absolute atomic E-state index is 12.7. The van der Waals surface area contributed by atoms with E-state index >= 15 is 0 Å². The van der Waals surface area contributed by atoms with Crippen molar-refractivity contribution in [2.45, 2.75) is 48.4 Å². The third-order valence-corrected chi connectivity index (χ3v) is 2.46. The summed E-state index contributed by atoms with van der Waals surface area (Å²) in [5.74, 6) is -37.9. The SMILES string of the molecule is FC(F)(F)C(F)(F)CC(F)(F)C(F)(F)C(F)(F)C(F)(F)C(F)(F)F. The van der Waals surface area contributed by atoms with E-state index in [1.165, 1.54) is 0 Å². The van der Waals surface area contributed by atoms with Crippen LogP contribution in [0, 0.1) is 0 Å².